The van der Waals surface area contributed by atoms with Crippen molar-refractivity contribution in [3.63, 3.8) is 0 Å². The van der Waals surface area contributed by atoms with E-state index in [-0.39, 0.29) is 17.7 Å². The van der Waals surface area contributed by atoms with Gasteiger partial charge in [0.05, 0.1) is 6.04 Å². The van der Waals surface area contributed by atoms with Crippen LogP contribution in [0, 0.1) is 0 Å². The molecule has 1 saturated heterocycles. The molecule has 0 aliphatic carbocycles. The molecule has 0 bridgehead atoms. The van der Waals surface area contributed by atoms with Crippen molar-refractivity contribution in [3.05, 3.63) is 23.8 Å². The van der Waals surface area contributed by atoms with E-state index in [2.05, 4.69) is 20.2 Å². The normalized spacial score (nSPS) is 16.4. The van der Waals surface area contributed by atoms with E-state index < -0.39 is 5.97 Å². The zero-order valence-corrected chi connectivity index (χ0v) is 12.6. The van der Waals surface area contributed by atoms with E-state index in [1.807, 2.05) is 13.8 Å². The summed E-state index contributed by atoms with van der Waals surface area (Å²) in [6.45, 7) is 5.60. The minimum Gasteiger partial charge on any atom is -0.476 e. The second-order valence-electron chi connectivity index (χ2n) is 5.78. The average Bonchev–Trinajstić information content (AvgIpc) is 3.17. The molecule has 1 aliphatic heterocycles. The quantitative estimate of drug-likeness (QED) is 0.921. The number of hydrogen-bond acceptors (Lipinski definition) is 6. The van der Waals surface area contributed by atoms with E-state index >= 15 is 0 Å². The Morgan fingerprint density at radius 2 is 2.09 bits per heavy atom. The summed E-state index contributed by atoms with van der Waals surface area (Å²) in [6.07, 6.45) is 3.45. The molecule has 8 heteroatoms. The molecule has 0 saturated carbocycles. The SMILES string of the molecule is CC(C)c1nnc(N2CCC(n3ccc(C(=O)O)n3)CC2)o1. The number of aromatic nitrogens is 4. The summed E-state index contributed by atoms with van der Waals surface area (Å²) in [6, 6.07) is 2.30. The molecule has 8 nitrogen and oxygen atoms in total. The van der Waals surface area contributed by atoms with E-state index in [4.69, 9.17) is 9.52 Å². The van der Waals surface area contributed by atoms with E-state index in [1.165, 1.54) is 6.07 Å². The fraction of sp³-hybridized carbons (Fsp3) is 0.571. The average molecular weight is 305 g/mol. The Labute approximate surface area is 127 Å². The predicted molar refractivity (Wildman–Crippen MR) is 78.1 cm³/mol. The molecule has 0 radical (unpaired) electrons. The molecule has 1 fully saturated rings. The first-order valence-electron chi connectivity index (χ1n) is 7.41. The third-order valence-corrected chi connectivity index (χ3v) is 3.86. The van der Waals surface area contributed by atoms with Gasteiger partial charge >= 0.3 is 12.0 Å². The Kier molecular flexibility index (Phi) is 3.82. The maximum absolute atomic E-state index is 10.9. The highest BCUT2D eigenvalue weighted by Gasteiger charge is 2.25. The number of piperidine rings is 1. The zero-order chi connectivity index (χ0) is 15.7. The van der Waals surface area contributed by atoms with E-state index in [1.54, 1.807) is 10.9 Å². The minimum absolute atomic E-state index is 0.0842. The molecule has 22 heavy (non-hydrogen) atoms. The van der Waals surface area contributed by atoms with Crippen molar-refractivity contribution < 1.29 is 14.3 Å². The fourth-order valence-electron chi connectivity index (χ4n) is 2.56. The largest absolute Gasteiger partial charge is 0.476 e. The van der Waals surface area contributed by atoms with Gasteiger partial charge in [0.1, 0.15) is 0 Å². The van der Waals surface area contributed by atoms with Crippen molar-refractivity contribution in [2.45, 2.75) is 38.6 Å². The van der Waals surface area contributed by atoms with Crippen LogP contribution in [0.5, 0.6) is 0 Å². The number of aromatic carboxylic acids is 1. The zero-order valence-electron chi connectivity index (χ0n) is 12.6. The monoisotopic (exact) mass is 305 g/mol. The number of hydrogen-bond donors (Lipinski definition) is 1. The predicted octanol–water partition coefficient (Wildman–Crippen LogP) is 1.93. The molecule has 1 N–H and O–H groups in total. The highest BCUT2D eigenvalue weighted by atomic mass is 16.4. The number of carboxylic acid groups (broad SMARTS) is 1. The highest BCUT2D eigenvalue weighted by molar-refractivity contribution is 5.85. The van der Waals surface area contributed by atoms with Crippen molar-refractivity contribution in [1.29, 1.82) is 0 Å². The summed E-state index contributed by atoms with van der Waals surface area (Å²) in [4.78, 5) is 12.9. The Balaban J connectivity index is 1.62. The molecule has 0 spiro atoms. The molecule has 0 amide bonds. The summed E-state index contributed by atoms with van der Waals surface area (Å²) >= 11 is 0. The smallest absolute Gasteiger partial charge is 0.356 e. The van der Waals surface area contributed by atoms with Crippen LogP contribution < -0.4 is 4.90 Å². The van der Waals surface area contributed by atoms with E-state index in [9.17, 15) is 4.79 Å². The second kappa shape index (κ2) is 5.78. The van der Waals surface area contributed by atoms with Gasteiger partial charge in [-0.15, -0.1) is 5.10 Å². The Bertz CT molecular complexity index is 655. The first kappa shape index (κ1) is 14.6. The number of nitrogens with zero attached hydrogens (tertiary/aromatic N) is 5. The summed E-state index contributed by atoms with van der Waals surface area (Å²) < 4.78 is 7.41. The van der Waals surface area contributed by atoms with Crippen LogP contribution >= 0.6 is 0 Å². The first-order chi connectivity index (χ1) is 10.5. The van der Waals surface area contributed by atoms with Gasteiger partial charge in [0.15, 0.2) is 5.69 Å². The van der Waals surface area contributed by atoms with Crippen molar-refractivity contribution in [1.82, 2.24) is 20.0 Å². The van der Waals surface area contributed by atoms with Gasteiger partial charge in [-0.25, -0.2) is 4.79 Å². The minimum atomic E-state index is -0.997. The standard InChI is InChI=1S/C14H19N5O3/c1-9(2)12-15-16-14(22-12)18-6-3-10(4-7-18)19-8-5-11(17-19)13(20)21/h5,8-10H,3-4,6-7H2,1-2H3,(H,20,21). The number of carbonyl (C=O) groups is 1. The molecule has 118 valence electrons. The first-order valence-corrected chi connectivity index (χ1v) is 7.41. The maximum atomic E-state index is 10.9. The molecule has 0 atom stereocenters. The lowest BCUT2D eigenvalue weighted by Crippen LogP contribution is -2.35. The lowest BCUT2D eigenvalue weighted by Gasteiger charge is -2.30. The topological polar surface area (TPSA) is 97.3 Å². The van der Waals surface area contributed by atoms with E-state index in [0.29, 0.717) is 11.9 Å². The van der Waals surface area contributed by atoms with Gasteiger partial charge in [-0.3, -0.25) is 4.68 Å². The van der Waals surface area contributed by atoms with Crippen LogP contribution in [0.3, 0.4) is 0 Å². The Morgan fingerprint density at radius 3 is 2.64 bits per heavy atom. The number of anilines is 1. The molecule has 2 aromatic heterocycles. The lowest BCUT2D eigenvalue weighted by molar-refractivity contribution is 0.0689. The number of rotatable bonds is 4. The molecule has 0 unspecified atom stereocenters. The molecule has 2 aromatic rings. The Hall–Kier alpha value is -2.38. The lowest BCUT2D eigenvalue weighted by atomic mass is 10.1. The molecular weight excluding hydrogens is 286 g/mol. The van der Waals surface area contributed by atoms with Crippen LogP contribution in [-0.2, 0) is 0 Å². The molecule has 3 rings (SSSR count). The van der Waals surface area contributed by atoms with Gasteiger partial charge in [-0.1, -0.05) is 18.9 Å². The fourth-order valence-corrected chi connectivity index (χ4v) is 2.56. The van der Waals surface area contributed by atoms with E-state index in [0.717, 1.165) is 25.9 Å². The van der Waals surface area contributed by atoms with Crippen LogP contribution in [0.4, 0.5) is 6.01 Å². The van der Waals surface area contributed by atoms with Crippen molar-refractivity contribution >= 4 is 12.0 Å². The summed E-state index contributed by atoms with van der Waals surface area (Å²) in [5, 5.41) is 21.2. The molecule has 1 aliphatic rings. The highest BCUT2D eigenvalue weighted by Crippen LogP contribution is 2.26. The molecule has 0 aromatic carbocycles. The summed E-state index contributed by atoms with van der Waals surface area (Å²) in [5.41, 5.74) is 0.0842. The van der Waals surface area contributed by atoms with Crippen LogP contribution in [0.15, 0.2) is 16.7 Å². The summed E-state index contributed by atoms with van der Waals surface area (Å²) in [5.74, 6) is -0.129. The third kappa shape index (κ3) is 2.81. The van der Waals surface area contributed by atoms with Crippen LogP contribution in [0.25, 0.3) is 0 Å². The van der Waals surface area contributed by atoms with Gasteiger partial charge in [0.25, 0.3) is 0 Å². The van der Waals surface area contributed by atoms with Crippen molar-refractivity contribution in [2.24, 2.45) is 0 Å². The van der Waals surface area contributed by atoms with Gasteiger partial charge in [-0.05, 0) is 18.9 Å². The maximum Gasteiger partial charge on any atom is 0.356 e. The summed E-state index contributed by atoms with van der Waals surface area (Å²) in [7, 11) is 0. The van der Waals surface area contributed by atoms with Crippen molar-refractivity contribution in [2.75, 3.05) is 18.0 Å². The van der Waals surface area contributed by atoms with Crippen molar-refractivity contribution in [3.8, 4) is 0 Å². The van der Waals surface area contributed by atoms with Gasteiger partial charge < -0.3 is 14.4 Å². The third-order valence-electron chi connectivity index (χ3n) is 3.86. The van der Waals surface area contributed by atoms with Gasteiger partial charge in [-0.2, -0.15) is 5.10 Å². The van der Waals surface area contributed by atoms with Crippen LogP contribution in [0.1, 0.15) is 55.0 Å². The van der Waals surface area contributed by atoms with Gasteiger partial charge in [0, 0.05) is 25.2 Å². The second-order valence-corrected chi connectivity index (χ2v) is 5.78. The molecule has 3 heterocycles. The Morgan fingerprint density at radius 1 is 1.36 bits per heavy atom. The van der Waals surface area contributed by atoms with Crippen LogP contribution in [0.2, 0.25) is 0 Å². The van der Waals surface area contributed by atoms with Gasteiger partial charge in [0.2, 0.25) is 5.89 Å². The van der Waals surface area contributed by atoms with Crippen LogP contribution in [-0.4, -0.2) is 44.1 Å². The number of carboxylic acids is 1. The molecular formula is C14H19N5O3.